The number of hydrogen-bond acceptors (Lipinski definition) is 4. The van der Waals surface area contributed by atoms with Crippen LogP contribution in [0.25, 0.3) is 5.69 Å². The van der Waals surface area contributed by atoms with Crippen molar-refractivity contribution in [3.63, 3.8) is 0 Å². The van der Waals surface area contributed by atoms with Crippen molar-refractivity contribution in [1.82, 2.24) is 14.9 Å². The highest BCUT2D eigenvalue weighted by atomic mass is 16.3. The van der Waals surface area contributed by atoms with E-state index in [1.54, 1.807) is 12.5 Å². The molecule has 3 N–H and O–H groups in total. The molecule has 0 bridgehead atoms. The number of aliphatic hydroxyl groups is 2. The van der Waals surface area contributed by atoms with Crippen LogP contribution in [0.2, 0.25) is 0 Å². The van der Waals surface area contributed by atoms with E-state index < -0.39 is 6.10 Å². The van der Waals surface area contributed by atoms with Gasteiger partial charge < -0.3 is 20.1 Å². The summed E-state index contributed by atoms with van der Waals surface area (Å²) in [5, 5.41) is 20.9. The maximum absolute atomic E-state index is 9.18. The van der Waals surface area contributed by atoms with E-state index in [9.17, 15) is 5.11 Å². The first-order valence-electron chi connectivity index (χ1n) is 5.86. The minimum atomic E-state index is -0.699. The van der Waals surface area contributed by atoms with E-state index in [1.165, 1.54) is 0 Å². The number of aromatic nitrogens is 2. The van der Waals surface area contributed by atoms with E-state index in [1.807, 2.05) is 35.0 Å². The van der Waals surface area contributed by atoms with Gasteiger partial charge in [0.25, 0.3) is 0 Å². The largest absolute Gasteiger partial charge is 0.394 e. The molecule has 1 atom stereocenters. The molecule has 0 radical (unpaired) electrons. The highest BCUT2D eigenvalue weighted by Gasteiger charge is 2.01. The summed E-state index contributed by atoms with van der Waals surface area (Å²) in [6.07, 6.45) is 4.69. The van der Waals surface area contributed by atoms with E-state index in [0.29, 0.717) is 13.1 Å². The van der Waals surface area contributed by atoms with Crippen LogP contribution in [0.1, 0.15) is 5.56 Å². The second-order valence-corrected chi connectivity index (χ2v) is 4.10. The van der Waals surface area contributed by atoms with Gasteiger partial charge in [-0.05, 0) is 17.7 Å². The summed E-state index contributed by atoms with van der Waals surface area (Å²) in [4.78, 5) is 4.00. The van der Waals surface area contributed by atoms with Gasteiger partial charge in [0.05, 0.1) is 19.0 Å². The maximum Gasteiger partial charge on any atom is 0.0991 e. The SMILES string of the molecule is OCC(O)CNCc1ccc(-n2ccnc2)cc1. The Morgan fingerprint density at radius 3 is 2.67 bits per heavy atom. The molecule has 5 nitrogen and oxygen atoms in total. The average molecular weight is 247 g/mol. The lowest BCUT2D eigenvalue weighted by Gasteiger charge is -2.09. The molecule has 0 saturated carbocycles. The molecule has 18 heavy (non-hydrogen) atoms. The number of aliphatic hydroxyl groups excluding tert-OH is 2. The van der Waals surface area contributed by atoms with Crippen molar-refractivity contribution in [3.05, 3.63) is 48.5 Å². The Labute approximate surface area is 106 Å². The Morgan fingerprint density at radius 2 is 2.06 bits per heavy atom. The summed E-state index contributed by atoms with van der Waals surface area (Å²) in [7, 11) is 0. The molecule has 1 heterocycles. The van der Waals surface area contributed by atoms with Crippen molar-refractivity contribution in [2.45, 2.75) is 12.6 Å². The molecule has 0 spiro atoms. The number of nitrogens with zero attached hydrogens (tertiary/aromatic N) is 2. The lowest BCUT2D eigenvalue weighted by atomic mass is 10.2. The lowest BCUT2D eigenvalue weighted by molar-refractivity contribution is 0.0942. The van der Waals surface area contributed by atoms with E-state index in [0.717, 1.165) is 11.3 Å². The van der Waals surface area contributed by atoms with E-state index in [-0.39, 0.29) is 6.61 Å². The standard InChI is InChI=1S/C13H17N3O2/c17-9-13(18)8-15-7-11-1-3-12(4-2-11)16-6-5-14-10-16/h1-6,10,13,15,17-18H,7-9H2. The predicted octanol–water partition coefficient (Wildman–Crippen LogP) is 0.315. The van der Waals surface area contributed by atoms with Crippen molar-refractivity contribution in [1.29, 1.82) is 0 Å². The van der Waals surface area contributed by atoms with Crippen molar-refractivity contribution in [3.8, 4) is 5.69 Å². The Kier molecular flexibility index (Phi) is 4.46. The van der Waals surface area contributed by atoms with Gasteiger partial charge in [-0.25, -0.2) is 4.98 Å². The average Bonchev–Trinajstić information content (AvgIpc) is 2.93. The van der Waals surface area contributed by atoms with Gasteiger partial charge in [-0.15, -0.1) is 0 Å². The van der Waals surface area contributed by atoms with E-state index in [2.05, 4.69) is 10.3 Å². The molecule has 2 rings (SSSR count). The second-order valence-electron chi connectivity index (χ2n) is 4.10. The highest BCUT2D eigenvalue weighted by molar-refractivity contribution is 5.34. The highest BCUT2D eigenvalue weighted by Crippen LogP contribution is 2.08. The molecule has 0 aliphatic heterocycles. The van der Waals surface area contributed by atoms with Crippen molar-refractivity contribution in [2.75, 3.05) is 13.2 Å². The second kappa shape index (κ2) is 6.30. The first-order valence-corrected chi connectivity index (χ1v) is 5.86. The van der Waals surface area contributed by atoms with Gasteiger partial charge in [0.1, 0.15) is 0 Å². The topological polar surface area (TPSA) is 70.3 Å². The molecule has 1 unspecified atom stereocenters. The molecule has 5 heteroatoms. The van der Waals surface area contributed by atoms with Crippen molar-refractivity contribution >= 4 is 0 Å². The zero-order valence-corrected chi connectivity index (χ0v) is 10.0. The molecular weight excluding hydrogens is 230 g/mol. The summed E-state index contributed by atoms with van der Waals surface area (Å²) in [6, 6.07) is 8.07. The van der Waals surface area contributed by atoms with Gasteiger partial charge >= 0.3 is 0 Å². The summed E-state index contributed by atoms with van der Waals surface area (Å²) in [5.74, 6) is 0. The van der Waals surface area contributed by atoms with Crippen LogP contribution in [0.15, 0.2) is 43.0 Å². The summed E-state index contributed by atoms with van der Waals surface area (Å²) < 4.78 is 1.94. The first-order chi connectivity index (χ1) is 8.79. The van der Waals surface area contributed by atoms with Gasteiger partial charge in [-0.3, -0.25) is 0 Å². The Hall–Kier alpha value is -1.69. The quantitative estimate of drug-likeness (QED) is 0.687. The molecule has 0 saturated heterocycles. The normalized spacial score (nSPS) is 12.6. The maximum atomic E-state index is 9.18. The summed E-state index contributed by atoms with van der Waals surface area (Å²) in [5.41, 5.74) is 2.19. The molecular formula is C13H17N3O2. The lowest BCUT2D eigenvalue weighted by Crippen LogP contribution is -2.28. The van der Waals surface area contributed by atoms with Crippen LogP contribution in [0.4, 0.5) is 0 Å². The molecule has 2 aromatic rings. The van der Waals surface area contributed by atoms with Crippen LogP contribution in [-0.2, 0) is 6.54 Å². The third-order valence-corrected chi connectivity index (χ3v) is 2.66. The Balaban J connectivity index is 1.88. The van der Waals surface area contributed by atoms with Crippen LogP contribution in [0.3, 0.4) is 0 Å². The third-order valence-electron chi connectivity index (χ3n) is 2.66. The van der Waals surface area contributed by atoms with Crippen LogP contribution in [0.5, 0.6) is 0 Å². The minimum Gasteiger partial charge on any atom is -0.394 e. The van der Waals surface area contributed by atoms with Gasteiger partial charge in [-0.2, -0.15) is 0 Å². The number of nitrogens with one attached hydrogen (secondary N) is 1. The zero-order chi connectivity index (χ0) is 12.8. The van der Waals surface area contributed by atoms with Crippen LogP contribution in [0, 0.1) is 0 Å². The van der Waals surface area contributed by atoms with Crippen LogP contribution in [-0.4, -0.2) is 39.0 Å². The van der Waals surface area contributed by atoms with Crippen molar-refractivity contribution in [2.24, 2.45) is 0 Å². The Morgan fingerprint density at radius 1 is 1.28 bits per heavy atom. The fourth-order valence-electron chi connectivity index (χ4n) is 1.65. The monoisotopic (exact) mass is 247 g/mol. The van der Waals surface area contributed by atoms with Crippen molar-refractivity contribution < 1.29 is 10.2 Å². The molecule has 0 aliphatic carbocycles. The first kappa shape index (κ1) is 12.8. The number of hydrogen-bond donors (Lipinski definition) is 3. The fraction of sp³-hybridized carbons (Fsp3) is 0.308. The van der Waals surface area contributed by atoms with Gasteiger partial charge in [0.15, 0.2) is 0 Å². The summed E-state index contributed by atoms with van der Waals surface area (Å²) >= 11 is 0. The third kappa shape index (κ3) is 3.40. The van der Waals surface area contributed by atoms with Gasteiger partial charge in [0, 0.05) is 31.2 Å². The van der Waals surface area contributed by atoms with Gasteiger partial charge in [-0.1, -0.05) is 12.1 Å². The van der Waals surface area contributed by atoms with E-state index in [4.69, 9.17) is 5.11 Å². The molecule has 0 amide bonds. The molecule has 96 valence electrons. The summed E-state index contributed by atoms with van der Waals surface area (Å²) in [6.45, 7) is 0.841. The van der Waals surface area contributed by atoms with E-state index >= 15 is 0 Å². The number of benzene rings is 1. The number of imidazole rings is 1. The smallest absolute Gasteiger partial charge is 0.0991 e. The zero-order valence-electron chi connectivity index (χ0n) is 10.0. The molecule has 1 aromatic carbocycles. The minimum absolute atomic E-state index is 0.216. The number of rotatable bonds is 6. The Bertz CT molecular complexity index is 454. The predicted molar refractivity (Wildman–Crippen MR) is 68.4 cm³/mol. The van der Waals surface area contributed by atoms with Crippen LogP contribution >= 0.6 is 0 Å². The molecule has 0 fully saturated rings. The fourth-order valence-corrected chi connectivity index (χ4v) is 1.65. The van der Waals surface area contributed by atoms with Gasteiger partial charge in [0.2, 0.25) is 0 Å². The van der Waals surface area contributed by atoms with Crippen LogP contribution < -0.4 is 5.32 Å². The molecule has 0 aliphatic rings. The molecule has 1 aromatic heterocycles.